The van der Waals surface area contributed by atoms with E-state index in [1.165, 1.54) is 46.2 Å². The first-order valence-electron chi connectivity index (χ1n) is 9.42. The molecule has 0 aliphatic carbocycles. The third-order valence-corrected chi connectivity index (χ3v) is 5.50. The average Bonchev–Trinajstić information content (AvgIpc) is 2.57. The van der Waals surface area contributed by atoms with Crippen molar-refractivity contribution in [1.82, 2.24) is 0 Å². The minimum atomic E-state index is 0.556. The van der Waals surface area contributed by atoms with Gasteiger partial charge in [-0.2, -0.15) is 0 Å². The number of hydrogen-bond acceptors (Lipinski definition) is 0. The molecular weight excluding hydrogens is 288 g/mol. The molecule has 1 radical (unpaired) electrons. The fourth-order valence-corrected chi connectivity index (χ4v) is 3.39. The molecule has 0 bridgehead atoms. The van der Waals surface area contributed by atoms with Crippen LogP contribution in [0.3, 0.4) is 0 Å². The number of benzene rings is 2. The first-order valence-corrected chi connectivity index (χ1v) is 9.42. The highest BCUT2D eigenvalue weighted by molar-refractivity contribution is 5.34. The maximum Gasteiger partial charge on any atom is -0.0130 e. The molecule has 0 N–H and O–H groups in total. The fraction of sp³-hybridized carbons (Fsp3) is 0.458. The Hall–Kier alpha value is -1.56. The maximum absolute atomic E-state index is 2.60. The molecule has 24 heavy (non-hydrogen) atoms. The molecule has 0 saturated heterocycles. The average molecular weight is 322 g/mol. The number of hydrogen-bond donors (Lipinski definition) is 0. The van der Waals surface area contributed by atoms with Gasteiger partial charge in [-0.25, -0.2) is 0 Å². The normalized spacial score (nSPS) is 13.8. The second-order valence-corrected chi connectivity index (χ2v) is 7.34. The van der Waals surface area contributed by atoms with Gasteiger partial charge in [-0.05, 0) is 92.2 Å². The van der Waals surface area contributed by atoms with Crippen LogP contribution in [0.25, 0.3) is 0 Å². The van der Waals surface area contributed by atoms with Crippen molar-refractivity contribution in [3.63, 3.8) is 0 Å². The van der Waals surface area contributed by atoms with Crippen LogP contribution in [0.2, 0.25) is 0 Å². The van der Waals surface area contributed by atoms with Gasteiger partial charge in [0.1, 0.15) is 0 Å². The third-order valence-electron chi connectivity index (χ3n) is 5.50. The molecular formula is C24H33. The van der Waals surface area contributed by atoms with Crippen molar-refractivity contribution >= 4 is 0 Å². The van der Waals surface area contributed by atoms with Crippen LogP contribution in [0, 0.1) is 40.0 Å². The van der Waals surface area contributed by atoms with Gasteiger partial charge in [0.05, 0.1) is 0 Å². The molecule has 2 aromatic rings. The fourth-order valence-electron chi connectivity index (χ4n) is 3.39. The first kappa shape index (κ1) is 18.8. The zero-order chi connectivity index (χ0) is 17.7. The molecule has 0 aliphatic rings. The van der Waals surface area contributed by atoms with Gasteiger partial charge in [-0.1, -0.05) is 56.7 Å². The topological polar surface area (TPSA) is 0 Å². The van der Waals surface area contributed by atoms with Crippen LogP contribution < -0.4 is 0 Å². The predicted molar refractivity (Wildman–Crippen MR) is 107 cm³/mol. The molecule has 0 aromatic heterocycles. The van der Waals surface area contributed by atoms with Crippen LogP contribution in [0.5, 0.6) is 0 Å². The molecule has 0 heteroatoms. The summed E-state index contributed by atoms with van der Waals surface area (Å²) in [6.07, 6.45) is 6.12. The lowest BCUT2D eigenvalue weighted by molar-refractivity contribution is 0.524. The molecule has 129 valence electrons. The van der Waals surface area contributed by atoms with Gasteiger partial charge < -0.3 is 0 Å². The molecule has 2 atom stereocenters. The smallest absolute Gasteiger partial charge is 0.0130 e. The van der Waals surface area contributed by atoms with Crippen molar-refractivity contribution in [3.8, 4) is 0 Å². The molecule has 0 fully saturated rings. The van der Waals surface area contributed by atoms with Crippen molar-refractivity contribution in [2.45, 2.75) is 66.7 Å². The monoisotopic (exact) mass is 321 g/mol. The Morgan fingerprint density at radius 2 is 1.38 bits per heavy atom. The van der Waals surface area contributed by atoms with Crippen molar-refractivity contribution in [1.29, 1.82) is 0 Å². The second-order valence-electron chi connectivity index (χ2n) is 7.34. The molecule has 0 spiro atoms. The highest BCUT2D eigenvalue weighted by Gasteiger charge is 2.17. The summed E-state index contributed by atoms with van der Waals surface area (Å²) in [5.74, 6) is 1.19. The molecule has 0 amide bonds. The van der Waals surface area contributed by atoms with E-state index in [0.717, 1.165) is 6.42 Å². The van der Waals surface area contributed by atoms with Gasteiger partial charge in [0.2, 0.25) is 0 Å². The van der Waals surface area contributed by atoms with E-state index in [4.69, 9.17) is 0 Å². The third kappa shape index (κ3) is 4.72. The largest absolute Gasteiger partial charge is 0.0651 e. The summed E-state index contributed by atoms with van der Waals surface area (Å²) in [4.78, 5) is 0. The van der Waals surface area contributed by atoms with Crippen LogP contribution >= 0.6 is 0 Å². The minimum Gasteiger partial charge on any atom is -0.0651 e. The van der Waals surface area contributed by atoms with Crippen LogP contribution in [-0.4, -0.2) is 0 Å². The quantitative estimate of drug-likeness (QED) is 0.521. The van der Waals surface area contributed by atoms with E-state index in [0.29, 0.717) is 11.8 Å². The molecule has 2 aromatic carbocycles. The minimum absolute atomic E-state index is 0.556. The van der Waals surface area contributed by atoms with Gasteiger partial charge in [-0.15, -0.1) is 0 Å². The Kier molecular flexibility index (Phi) is 6.66. The highest BCUT2D eigenvalue weighted by Crippen LogP contribution is 2.30. The summed E-state index contributed by atoms with van der Waals surface area (Å²) < 4.78 is 0. The van der Waals surface area contributed by atoms with E-state index in [1.807, 2.05) is 0 Å². The summed E-state index contributed by atoms with van der Waals surface area (Å²) in [7, 11) is 0. The van der Waals surface area contributed by atoms with E-state index in [1.54, 1.807) is 0 Å². The van der Waals surface area contributed by atoms with E-state index in [2.05, 4.69) is 84.4 Å². The van der Waals surface area contributed by atoms with Gasteiger partial charge in [0.25, 0.3) is 0 Å². The molecule has 0 aliphatic heterocycles. The van der Waals surface area contributed by atoms with Crippen LogP contribution in [-0.2, 0) is 6.42 Å². The Morgan fingerprint density at radius 3 is 1.92 bits per heavy atom. The van der Waals surface area contributed by atoms with E-state index in [9.17, 15) is 0 Å². The maximum atomic E-state index is 2.60. The van der Waals surface area contributed by atoms with Gasteiger partial charge in [-0.3, -0.25) is 0 Å². The summed E-state index contributed by atoms with van der Waals surface area (Å²) in [6, 6.07) is 13.9. The number of rotatable bonds is 7. The van der Waals surface area contributed by atoms with Crippen LogP contribution in [0.4, 0.5) is 0 Å². The zero-order valence-electron chi connectivity index (χ0n) is 16.3. The van der Waals surface area contributed by atoms with Gasteiger partial charge in [0.15, 0.2) is 0 Å². The Labute approximate surface area is 149 Å². The lowest BCUT2D eigenvalue weighted by Gasteiger charge is -2.23. The molecule has 0 nitrogen and oxygen atoms in total. The highest BCUT2D eigenvalue weighted by atomic mass is 14.2. The van der Waals surface area contributed by atoms with E-state index >= 15 is 0 Å². The summed E-state index contributed by atoms with van der Waals surface area (Å²) in [6.45, 7) is 13.4. The Balaban J connectivity index is 2.11. The lowest BCUT2D eigenvalue weighted by Crippen LogP contribution is -2.11. The lowest BCUT2D eigenvalue weighted by atomic mass is 9.82. The van der Waals surface area contributed by atoms with Crippen LogP contribution in [0.1, 0.15) is 66.0 Å². The predicted octanol–water partition coefficient (Wildman–Crippen LogP) is 6.89. The second kappa shape index (κ2) is 8.51. The van der Waals surface area contributed by atoms with Crippen molar-refractivity contribution < 1.29 is 0 Å². The van der Waals surface area contributed by atoms with E-state index < -0.39 is 0 Å². The van der Waals surface area contributed by atoms with Gasteiger partial charge in [0, 0.05) is 0 Å². The van der Waals surface area contributed by atoms with Gasteiger partial charge >= 0.3 is 0 Å². The Morgan fingerprint density at radius 1 is 0.750 bits per heavy atom. The SMILES string of the molecule is CCC([CH]C(CC)c1ccc(C)c(C)c1)Cc1ccc(C)c(C)c1. The van der Waals surface area contributed by atoms with Crippen molar-refractivity contribution in [3.05, 3.63) is 76.2 Å². The Bertz CT molecular complexity index is 666. The molecule has 0 saturated carbocycles. The zero-order valence-corrected chi connectivity index (χ0v) is 16.3. The number of aryl methyl sites for hydroxylation is 4. The summed E-state index contributed by atoms with van der Waals surface area (Å²) in [5.41, 5.74) is 8.52. The summed E-state index contributed by atoms with van der Waals surface area (Å²) in [5, 5.41) is 0. The molecule has 0 heterocycles. The molecule has 2 rings (SSSR count). The first-order chi connectivity index (χ1) is 11.4. The standard InChI is InChI=1S/C24H33/c1-7-21(15-22-11-9-17(3)19(5)13-22)16-23(8-2)24-12-10-18(4)20(6)14-24/h9-14,16,21,23H,7-8,15H2,1-6H3. The molecule has 2 unspecified atom stereocenters. The summed E-state index contributed by atoms with van der Waals surface area (Å²) >= 11 is 0. The van der Waals surface area contributed by atoms with E-state index in [-0.39, 0.29) is 0 Å². The van der Waals surface area contributed by atoms with Crippen molar-refractivity contribution in [2.75, 3.05) is 0 Å². The van der Waals surface area contributed by atoms with Crippen LogP contribution in [0.15, 0.2) is 36.4 Å². The van der Waals surface area contributed by atoms with Crippen molar-refractivity contribution in [2.24, 2.45) is 5.92 Å².